The molecule has 12 nitrogen and oxygen atoms in total. The van der Waals surface area contributed by atoms with Crippen LogP contribution in [0.4, 0.5) is 29.5 Å². The maximum atomic E-state index is 12.4. The minimum atomic E-state index is -4.50. The van der Waals surface area contributed by atoms with Crippen molar-refractivity contribution in [1.29, 1.82) is 0 Å². The minimum absolute atomic E-state index is 0.322. The molecule has 0 unspecified atom stereocenters. The van der Waals surface area contributed by atoms with E-state index in [1.807, 2.05) is 6.07 Å². The SMILES string of the molecule is COCc1cn(Cc2cnc3c(N4CCOCC4)nc(-c4ccc(NC(=O)NCC(F)(F)F)cc4)nc3c2)nn1. The second-order valence-corrected chi connectivity index (χ2v) is 9.02. The van der Waals surface area contributed by atoms with E-state index in [-0.39, 0.29) is 0 Å². The van der Waals surface area contributed by atoms with Crippen LogP contribution in [0.25, 0.3) is 22.4 Å². The van der Waals surface area contributed by atoms with Crippen LogP contribution in [0, 0.1) is 0 Å². The van der Waals surface area contributed by atoms with E-state index >= 15 is 0 Å². The Hall–Kier alpha value is -4.37. The molecule has 2 amide bonds. The average molecular weight is 558 g/mol. The van der Waals surface area contributed by atoms with Gasteiger partial charge in [0.2, 0.25) is 0 Å². The zero-order chi connectivity index (χ0) is 28.1. The summed E-state index contributed by atoms with van der Waals surface area (Å²) in [4.78, 5) is 28.1. The number of ether oxygens (including phenoxy) is 2. The Morgan fingerprint density at radius 1 is 1.15 bits per heavy atom. The van der Waals surface area contributed by atoms with Crippen LogP contribution in [0.15, 0.2) is 42.7 Å². The standard InChI is InChI=1S/C25H26F3N9O3/c1-39-14-19-13-37(35-34-19)12-16-10-20-21(29-11-16)23(36-6-8-40-9-7-36)33-22(32-20)17-2-4-18(5-3-17)31-24(38)30-15-25(26,27)28/h2-5,10-11,13H,6-9,12,14-15H2,1H3,(H2,30,31,38). The van der Waals surface area contributed by atoms with Gasteiger partial charge in [0.15, 0.2) is 11.6 Å². The van der Waals surface area contributed by atoms with Gasteiger partial charge in [-0.05, 0) is 35.9 Å². The number of nitrogens with one attached hydrogen (secondary N) is 2. The number of amides is 2. The van der Waals surface area contributed by atoms with Crippen molar-refractivity contribution in [2.75, 3.05) is 50.2 Å². The molecule has 2 N–H and O–H groups in total. The minimum Gasteiger partial charge on any atom is -0.378 e. The third kappa shape index (κ3) is 6.79. The summed E-state index contributed by atoms with van der Waals surface area (Å²) in [7, 11) is 1.59. The Bertz CT molecular complexity index is 1470. The molecule has 210 valence electrons. The number of hydrogen-bond acceptors (Lipinski definition) is 9. The van der Waals surface area contributed by atoms with Crippen molar-refractivity contribution in [3.8, 4) is 11.4 Å². The van der Waals surface area contributed by atoms with Gasteiger partial charge in [-0.25, -0.2) is 19.4 Å². The first-order chi connectivity index (χ1) is 19.3. The number of urea groups is 1. The summed E-state index contributed by atoms with van der Waals surface area (Å²) in [5, 5.41) is 12.4. The topological polar surface area (TPSA) is 132 Å². The molecular formula is C25H26F3N9O3. The molecule has 3 aromatic heterocycles. The fraction of sp³-hybridized carbons (Fsp3) is 0.360. The summed E-state index contributed by atoms with van der Waals surface area (Å²) in [6.45, 7) is 1.79. The zero-order valence-electron chi connectivity index (χ0n) is 21.5. The first-order valence-corrected chi connectivity index (χ1v) is 12.4. The monoisotopic (exact) mass is 557 g/mol. The van der Waals surface area contributed by atoms with Crippen LogP contribution in [0.5, 0.6) is 0 Å². The maximum absolute atomic E-state index is 12.4. The highest BCUT2D eigenvalue weighted by molar-refractivity contribution is 5.90. The van der Waals surface area contributed by atoms with E-state index in [0.717, 1.165) is 5.56 Å². The number of benzene rings is 1. The summed E-state index contributed by atoms with van der Waals surface area (Å²) in [6.07, 6.45) is -0.932. The number of pyridine rings is 1. The van der Waals surface area contributed by atoms with Crippen LogP contribution < -0.4 is 15.5 Å². The number of alkyl halides is 3. The summed E-state index contributed by atoms with van der Waals surface area (Å²) in [5.41, 5.74) is 3.84. The van der Waals surface area contributed by atoms with Gasteiger partial charge in [0, 0.05) is 37.6 Å². The molecule has 0 bridgehead atoms. The van der Waals surface area contributed by atoms with Gasteiger partial charge in [0.1, 0.15) is 17.8 Å². The van der Waals surface area contributed by atoms with E-state index in [1.54, 1.807) is 53.8 Å². The van der Waals surface area contributed by atoms with Crippen molar-refractivity contribution < 1.29 is 27.4 Å². The summed E-state index contributed by atoms with van der Waals surface area (Å²) >= 11 is 0. The lowest BCUT2D eigenvalue weighted by Crippen LogP contribution is -2.37. The van der Waals surface area contributed by atoms with Crippen molar-refractivity contribution in [3.05, 3.63) is 54.0 Å². The van der Waals surface area contributed by atoms with Crippen LogP contribution in [0.1, 0.15) is 11.3 Å². The van der Waals surface area contributed by atoms with E-state index in [2.05, 4.69) is 25.5 Å². The van der Waals surface area contributed by atoms with Crippen LogP contribution >= 0.6 is 0 Å². The Labute approximate surface area is 226 Å². The van der Waals surface area contributed by atoms with Crippen molar-refractivity contribution in [2.45, 2.75) is 19.3 Å². The normalized spacial score (nSPS) is 13.9. The highest BCUT2D eigenvalue weighted by Gasteiger charge is 2.27. The van der Waals surface area contributed by atoms with Crippen molar-refractivity contribution in [1.82, 2.24) is 35.3 Å². The number of hydrogen-bond donors (Lipinski definition) is 2. The molecule has 15 heteroatoms. The van der Waals surface area contributed by atoms with Crippen LogP contribution in [0.3, 0.4) is 0 Å². The van der Waals surface area contributed by atoms with E-state index in [4.69, 9.17) is 19.4 Å². The van der Waals surface area contributed by atoms with E-state index in [1.165, 1.54) is 0 Å². The smallest absolute Gasteiger partial charge is 0.378 e. The fourth-order valence-corrected chi connectivity index (χ4v) is 4.13. The largest absolute Gasteiger partial charge is 0.405 e. The fourth-order valence-electron chi connectivity index (χ4n) is 4.13. The number of methoxy groups -OCH3 is 1. The quantitative estimate of drug-likeness (QED) is 0.336. The third-order valence-corrected chi connectivity index (χ3v) is 5.96. The molecule has 0 radical (unpaired) electrons. The van der Waals surface area contributed by atoms with Gasteiger partial charge in [0.25, 0.3) is 0 Å². The highest BCUT2D eigenvalue weighted by atomic mass is 19.4. The van der Waals surface area contributed by atoms with E-state index < -0.39 is 18.8 Å². The van der Waals surface area contributed by atoms with E-state index in [0.29, 0.717) is 79.1 Å². The summed E-state index contributed by atoms with van der Waals surface area (Å²) in [5.74, 6) is 1.11. The highest BCUT2D eigenvalue weighted by Crippen LogP contribution is 2.28. The first-order valence-electron chi connectivity index (χ1n) is 12.4. The van der Waals surface area contributed by atoms with Gasteiger partial charge in [-0.15, -0.1) is 5.10 Å². The predicted octanol–water partition coefficient (Wildman–Crippen LogP) is 3.00. The lowest BCUT2D eigenvalue weighted by Gasteiger charge is -2.28. The Balaban J connectivity index is 1.42. The summed E-state index contributed by atoms with van der Waals surface area (Å²) in [6, 6.07) is 7.49. The number of morpholine rings is 1. The second kappa shape index (κ2) is 11.8. The van der Waals surface area contributed by atoms with Crippen LogP contribution in [0.2, 0.25) is 0 Å². The van der Waals surface area contributed by atoms with Gasteiger partial charge in [-0.2, -0.15) is 13.2 Å². The van der Waals surface area contributed by atoms with Crippen molar-refractivity contribution >= 4 is 28.6 Å². The number of carbonyl (C=O) groups excluding carboxylic acids is 1. The molecule has 1 fully saturated rings. The third-order valence-electron chi connectivity index (χ3n) is 5.96. The number of fused-ring (bicyclic) bond motifs is 1. The number of aromatic nitrogens is 6. The molecule has 1 aliphatic rings. The number of carbonyl (C=O) groups is 1. The Morgan fingerprint density at radius 3 is 2.65 bits per heavy atom. The molecule has 0 spiro atoms. The number of halogens is 3. The van der Waals surface area contributed by atoms with Crippen molar-refractivity contribution in [2.24, 2.45) is 0 Å². The Kier molecular flexibility index (Phi) is 8.02. The molecule has 1 aromatic carbocycles. The number of nitrogens with zero attached hydrogens (tertiary/aromatic N) is 7. The van der Waals surface area contributed by atoms with Gasteiger partial charge >= 0.3 is 12.2 Å². The molecule has 1 saturated heterocycles. The van der Waals surface area contributed by atoms with E-state index in [9.17, 15) is 18.0 Å². The Morgan fingerprint density at radius 2 is 1.93 bits per heavy atom. The number of rotatable bonds is 8. The van der Waals surface area contributed by atoms with Gasteiger partial charge < -0.3 is 25.0 Å². The molecule has 0 saturated carbocycles. The molecule has 4 heterocycles. The molecule has 40 heavy (non-hydrogen) atoms. The predicted molar refractivity (Wildman–Crippen MR) is 139 cm³/mol. The molecule has 0 aliphatic carbocycles. The second-order valence-electron chi connectivity index (χ2n) is 9.02. The first kappa shape index (κ1) is 27.2. The molecule has 5 rings (SSSR count). The van der Waals surface area contributed by atoms with Crippen LogP contribution in [-0.2, 0) is 22.6 Å². The molecule has 0 atom stereocenters. The molecule has 4 aromatic rings. The van der Waals surface area contributed by atoms with Crippen molar-refractivity contribution in [3.63, 3.8) is 0 Å². The molecule has 1 aliphatic heterocycles. The maximum Gasteiger partial charge on any atom is 0.405 e. The van der Waals surface area contributed by atoms with Gasteiger partial charge in [-0.3, -0.25) is 4.98 Å². The average Bonchev–Trinajstić information content (AvgIpc) is 3.38. The lowest BCUT2D eigenvalue weighted by molar-refractivity contribution is -0.122. The lowest BCUT2D eigenvalue weighted by atomic mass is 10.1. The van der Waals surface area contributed by atoms with Gasteiger partial charge in [-0.1, -0.05) is 5.21 Å². The van der Waals surface area contributed by atoms with Gasteiger partial charge in [0.05, 0.1) is 38.1 Å². The van der Waals surface area contributed by atoms with Crippen LogP contribution in [-0.4, -0.2) is 82.1 Å². The zero-order valence-corrected chi connectivity index (χ0v) is 21.5. The number of anilines is 2. The summed E-state index contributed by atoms with van der Waals surface area (Å²) < 4.78 is 49.4. The molecular weight excluding hydrogens is 531 g/mol.